The molecule has 1 saturated heterocycles. The summed E-state index contributed by atoms with van der Waals surface area (Å²) in [7, 11) is 1.76. The van der Waals surface area contributed by atoms with Crippen LogP contribution in [0.1, 0.15) is 35.3 Å². The maximum Gasteiger partial charge on any atom is 0.302 e. The lowest BCUT2D eigenvalue weighted by Gasteiger charge is -2.26. The number of hydrogen-bond acceptors (Lipinski definition) is 4. The van der Waals surface area contributed by atoms with E-state index in [4.69, 9.17) is 4.74 Å². The topological polar surface area (TPSA) is 47.4 Å². The van der Waals surface area contributed by atoms with E-state index in [1.807, 2.05) is 12.1 Å². The molecule has 0 radical (unpaired) electrons. The number of nitrogens with zero attached hydrogens (tertiary/aromatic N) is 3. The van der Waals surface area contributed by atoms with Crippen LogP contribution in [0.5, 0.6) is 11.8 Å². The van der Waals surface area contributed by atoms with Gasteiger partial charge in [-0.25, -0.2) is 4.98 Å². The molecule has 0 atom stereocenters. The van der Waals surface area contributed by atoms with Crippen molar-refractivity contribution in [1.29, 1.82) is 0 Å². The van der Waals surface area contributed by atoms with Gasteiger partial charge in [0.15, 0.2) is 6.29 Å². The Balaban J connectivity index is 1.63. The molecule has 2 aromatic rings. The van der Waals surface area contributed by atoms with Crippen molar-refractivity contribution in [2.24, 2.45) is 7.05 Å². The van der Waals surface area contributed by atoms with Gasteiger partial charge in [-0.1, -0.05) is 18.6 Å². The van der Waals surface area contributed by atoms with Gasteiger partial charge in [0.05, 0.1) is 6.20 Å². The second kappa shape index (κ2) is 6.75. The molecule has 0 amide bonds. The lowest BCUT2D eigenvalue weighted by atomic mass is 10.1. The van der Waals surface area contributed by atoms with Crippen molar-refractivity contribution in [2.45, 2.75) is 25.8 Å². The summed E-state index contributed by atoms with van der Waals surface area (Å²) in [6, 6.07) is 8.51. The third kappa shape index (κ3) is 3.36. The highest BCUT2D eigenvalue weighted by Crippen LogP contribution is 2.21. The monoisotopic (exact) mass is 299 g/mol. The molecule has 0 bridgehead atoms. The molecule has 116 valence electrons. The molecular weight excluding hydrogens is 278 g/mol. The molecule has 1 aromatic carbocycles. The van der Waals surface area contributed by atoms with E-state index in [0.29, 0.717) is 11.7 Å². The number of carbonyl (C=O) groups is 1. The molecule has 1 aromatic heterocycles. The van der Waals surface area contributed by atoms with Crippen LogP contribution in [0.2, 0.25) is 0 Å². The molecule has 5 heteroatoms. The van der Waals surface area contributed by atoms with Gasteiger partial charge in [0, 0.05) is 13.6 Å². The first kappa shape index (κ1) is 14.8. The second-order valence-corrected chi connectivity index (χ2v) is 5.73. The number of hydrogen-bond donors (Lipinski definition) is 0. The summed E-state index contributed by atoms with van der Waals surface area (Å²) in [5.74, 6) is 0.730. The van der Waals surface area contributed by atoms with Crippen molar-refractivity contribution in [3.8, 4) is 11.8 Å². The summed E-state index contributed by atoms with van der Waals surface area (Å²) in [6.45, 7) is 3.39. The summed E-state index contributed by atoms with van der Waals surface area (Å²) in [5.41, 5.74) is 1.79. The highest BCUT2D eigenvalue weighted by Gasteiger charge is 2.11. The van der Waals surface area contributed by atoms with Crippen LogP contribution in [-0.2, 0) is 13.6 Å². The minimum atomic E-state index is 0.422. The number of likely N-dealkylation sites (tertiary alicyclic amines) is 1. The minimum Gasteiger partial charge on any atom is -0.426 e. The van der Waals surface area contributed by atoms with E-state index in [0.717, 1.165) is 18.6 Å². The fourth-order valence-corrected chi connectivity index (χ4v) is 2.75. The number of rotatable bonds is 5. The molecule has 0 N–H and O–H groups in total. The van der Waals surface area contributed by atoms with Gasteiger partial charge in [0.25, 0.3) is 0 Å². The van der Waals surface area contributed by atoms with E-state index < -0.39 is 0 Å². The maximum absolute atomic E-state index is 10.8. The van der Waals surface area contributed by atoms with Crippen molar-refractivity contribution < 1.29 is 9.53 Å². The Morgan fingerprint density at radius 3 is 2.55 bits per heavy atom. The molecule has 1 aliphatic heterocycles. The zero-order valence-corrected chi connectivity index (χ0v) is 12.9. The van der Waals surface area contributed by atoms with Crippen molar-refractivity contribution in [3.63, 3.8) is 0 Å². The van der Waals surface area contributed by atoms with Crippen LogP contribution in [0.25, 0.3) is 0 Å². The Morgan fingerprint density at radius 1 is 1.18 bits per heavy atom. The van der Waals surface area contributed by atoms with Crippen molar-refractivity contribution in [2.75, 3.05) is 13.1 Å². The van der Waals surface area contributed by atoms with Gasteiger partial charge in [-0.05, 0) is 43.6 Å². The van der Waals surface area contributed by atoms with Crippen LogP contribution in [0, 0.1) is 0 Å². The lowest BCUT2D eigenvalue weighted by molar-refractivity contribution is 0.111. The molecule has 3 rings (SSSR count). The van der Waals surface area contributed by atoms with Crippen molar-refractivity contribution in [1.82, 2.24) is 14.5 Å². The van der Waals surface area contributed by atoms with Gasteiger partial charge in [-0.3, -0.25) is 14.3 Å². The zero-order chi connectivity index (χ0) is 15.4. The van der Waals surface area contributed by atoms with Gasteiger partial charge >= 0.3 is 6.01 Å². The summed E-state index contributed by atoms with van der Waals surface area (Å²) in [5, 5.41) is 0. The SMILES string of the molecule is Cn1c(C=O)cnc1Oc1ccc(CN2CCCCC2)cc1. The molecule has 1 aliphatic rings. The van der Waals surface area contributed by atoms with Crippen LogP contribution in [0.15, 0.2) is 30.5 Å². The first-order chi connectivity index (χ1) is 10.8. The van der Waals surface area contributed by atoms with E-state index in [1.54, 1.807) is 11.6 Å². The average molecular weight is 299 g/mol. The molecule has 5 nitrogen and oxygen atoms in total. The standard InChI is InChI=1S/C17H21N3O2/c1-19-15(13-21)11-18-17(19)22-16-7-5-14(6-8-16)12-20-9-3-2-4-10-20/h5-8,11,13H,2-4,9-10,12H2,1H3. The highest BCUT2D eigenvalue weighted by molar-refractivity contribution is 5.72. The summed E-state index contributed by atoms with van der Waals surface area (Å²) >= 11 is 0. The Morgan fingerprint density at radius 2 is 1.91 bits per heavy atom. The van der Waals surface area contributed by atoms with Gasteiger partial charge in [-0.2, -0.15) is 0 Å². The third-order valence-corrected chi connectivity index (χ3v) is 4.09. The number of carbonyl (C=O) groups excluding carboxylic acids is 1. The number of ether oxygens (including phenoxy) is 1. The Bertz CT molecular complexity index is 628. The Hall–Kier alpha value is -2.14. The van der Waals surface area contributed by atoms with Gasteiger partial charge in [-0.15, -0.1) is 0 Å². The zero-order valence-electron chi connectivity index (χ0n) is 12.9. The largest absolute Gasteiger partial charge is 0.426 e. The van der Waals surface area contributed by atoms with Crippen LogP contribution >= 0.6 is 0 Å². The first-order valence-electron chi connectivity index (χ1n) is 7.72. The number of piperidine rings is 1. The first-order valence-corrected chi connectivity index (χ1v) is 7.72. The normalized spacial score (nSPS) is 15.7. The predicted octanol–water partition coefficient (Wildman–Crippen LogP) is 3.01. The summed E-state index contributed by atoms with van der Waals surface area (Å²) < 4.78 is 7.35. The minimum absolute atomic E-state index is 0.422. The summed E-state index contributed by atoms with van der Waals surface area (Å²) in [6.07, 6.45) is 6.24. The van der Waals surface area contributed by atoms with Crippen LogP contribution in [-0.4, -0.2) is 33.8 Å². The van der Waals surface area contributed by atoms with Crippen molar-refractivity contribution >= 4 is 6.29 Å². The third-order valence-electron chi connectivity index (χ3n) is 4.09. The molecular formula is C17H21N3O2. The van der Waals surface area contributed by atoms with E-state index in [9.17, 15) is 4.79 Å². The lowest BCUT2D eigenvalue weighted by Crippen LogP contribution is -2.28. The van der Waals surface area contributed by atoms with Crippen LogP contribution < -0.4 is 4.74 Å². The molecule has 2 heterocycles. The van der Waals surface area contributed by atoms with E-state index in [-0.39, 0.29) is 0 Å². The van der Waals surface area contributed by atoms with Gasteiger partial charge < -0.3 is 4.74 Å². The molecule has 0 spiro atoms. The average Bonchev–Trinajstić information content (AvgIpc) is 2.90. The Labute approximate surface area is 130 Å². The van der Waals surface area contributed by atoms with Crippen molar-refractivity contribution in [3.05, 3.63) is 41.7 Å². The number of imidazole rings is 1. The smallest absolute Gasteiger partial charge is 0.302 e. The van der Waals surface area contributed by atoms with Crippen LogP contribution in [0.4, 0.5) is 0 Å². The number of aromatic nitrogens is 2. The highest BCUT2D eigenvalue weighted by atomic mass is 16.5. The molecule has 1 fully saturated rings. The molecule has 0 aliphatic carbocycles. The van der Waals surface area contributed by atoms with Gasteiger partial charge in [0.1, 0.15) is 11.4 Å². The fourth-order valence-electron chi connectivity index (χ4n) is 2.75. The summed E-state index contributed by atoms with van der Waals surface area (Å²) in [4.78, 5) is 17.4. The van der Waals surface area contributed by atoms with E-state index in [2.05, 4.69) is 22.0 Å². The number of benzene rings is 1. The second-order valence-electron chi connectivity index (χ2n) is 5.73. The van der Waals surface area contributed by atoms with E-state index >= 15 is 0 Å². The molecule has 0 unspecified atom stereocenters. The van der Waals surface area contributed by atoms with E-state index in [1.165, 1.54) is 44.1 Å². The van der Waals surface area contributed by atoms with Crippen LogP contribution in [0.3, 0.4) is 0 Å². The Kier molecular flexibility index (Phi) is 4.53. The fraction of sp³-hybridized carbons (Fsp3) is 0.412. The predicted molar refractivity (Wildman–Crippen MR) is 84.2 cm³/mol. The molecule has 0 saturated carbocycles. The maximum atomic E-state index is 10.8. The van der Waals surface area contributed by atoms with Gasteiger partial charge in [0.2, 0.25) is 0 Å². The quantitative estimate of drug-likeness (QED) is 0.796. The molecule has 22 heavy (non-hydrogen) atoms. The number of aldehydes is 1.